The van der Waals surface area contributed by atoms with E-state index in [4.69, 9.17) is 0 Å². The summed E-state index contributed by atoms with van der Waals surface area (Å²) in [4.78, 5) is 36.8. The molecule has 4 aliphatic rings. The van der Waals surface area contributed by atoms with Gasteiger partial charge in [0.25, 0.3) is 0 Å². The Labute approximate surface area is 178 Å². The zero-order valence-corrected chi connectivity index (χ0v) is 17.6. The highest BCUT2D eigenvalue weighted by Gasteiger charge is 2.54. The number of carbonyl (C=O) groups excluding carboxylic acids is 3. The van der Waals surface area contributed by atoms with Crippen LogP contribution in [0.4, 0.5) is 0 Å². The molecule has 3 N–H and O–H groups in total. The minimum absolute atomic E-state index is 0.0886. The summed E-state index contributed by atoms with van der Waals surface area (Å²) in [6, 6.07) is 9.72. The Morgan fingerprint density at radius 3 is 1.90 bits per heavy atom. The van der Waals surface area contributed by atoms with Gasteiger partial charge >= 0.3 is 0 Å². The van der Waals surface area contributed by atoms with Gasteiger partial charge in [0.15, 0.2) is 0 Å². The number of benzene rings is 1. The standard InChI is InChI=1S/C24H33N3O3/c28-21(25-8-6-22(29)27-16-17-4-2-1-3-5-17)7-9-26-23(30)24-13-18-10-19(14-24)12-20(11-18)15-24/h1-5,18-20H,6-16H2,(H,25,28)(H,26,30)(H,27,29). The molecule has 0 spiro atoms. The van der Waals surface area contributed by atoms with Crippen LogP contribution in [0.15, 0.2) is 30.3 Å². The van der Waals surface area contributed by atoms with Crippen molar-refractivity contribution in [1.29, 1.82) is 0 Å². The maximum atomic E-state index is 12.9. The van der Waals surface area contributed by atoms with Crippen molar-refractivity contribution in [1.82, 2.24) is 16.0 Å². The molecular formula is C24H33N3O3. The van der Waals surface area contributed by atoms with E-state index in [1.165, 1.54) is 19.3 Å². The van der Waals surface area contributed by atoms with E-state index in [0.717, 1.165) is 42.6 Å². The Morgan fingerprint density at radius 1 is 0.767 bits per heavy atom. The van der Waals surface area contributed by atoms with Gasteiger partial charge in [0.1, 0.15) is 0 Å². The predicted molar refractivity (Wildman–Crippen MR) is 114 cm³/mol. The zero-order chi connectivity index (χ0) is 21.0. The fraction of sp³-hybridized carbons (Fsp3) is 0.625. The van der Waals surface area contributed by atoms with Gasteiger partial charge in [-0.25, -0.2) is 0 Å². The second kappa shape index (κ2) is 9.19. The lowest BCUT2D eigenvalue weighted by Gasteiger charge is -2.55. The molecule has 5 rings (SSSR count). The molecule has 4 fully saturated rings. The highest BCUT2D eigenvalue weighted by atomic mass is 16.2. The van der Waals surface area contributed by atoms with E-state index in [1.54, 1.807) is 0 Å². The summed E-state index contributed by atoms with van der Waals surface area (Å²) in [5, 5.41) is 8.65. The molecule has 0 aliphatic heterocycles. The van der Waals surface area contributed by atoms with Crippen molar-refractivity contribution < 1.29 is 14.4 Å². The van der Waals surface area contributed by atoms with Crippen LogP contribution < -0.4 is 16.0 Å². The molecule has 6 nitrogen and oxygen atoms in total. The quantitative estimate of drug-likeness (QED) is 0.584. The second-order valence-corrected chi connectivity index (χ2v) is 9.57. The largest absolute Gasteiger partial charge is 0.356 e. The van der Waals surface area contributed by atoms with Crippen molar-refractivity contribution in [2.24, 2.45) is 23.2 Å². The van der Waals surface area contributed by atoms with Gasteiger partial charge in [0, 0.05) is 37.9 Å². The van der Waals surface area contributed by atoms with E-state index in [0.29, 0.717) is 19.6 Å². The third kappa shape index (κ3) is 5.02. The van der Waals surface area contributed by atoms with Gasteiger partial charge in [-0.15, -0.1) is 0 Å². The van der Waals surface area contributed by atoms with Crippen molar-refractivity contribution in [2.45, 2.75) is 57.9 Å². The highest BCUT2D eigenvalue weighted by molar-refractivity contribution is 5.84. The Balaban J connectivity index is 1.10. The van der Waals surface area contributed by atoms with Gasteiger partial charge < -0.3 is 16.0 Å². The maximum absolute atomic E-state index is 12.9. The van der Waals surface area contributed by atoms with Gasteiger partial charge in [-0.05, 0) is 61.8 Å². The molecule has 4 aliphatic carbocycles. The second-order valence-electron chi connectivity index (χ2n) is 9.57. The normalized spacial score (nSPS) is 28.7. The molecular weight excluding hydrogens is 378 g/mol. The first kappa shape index (κ1) is 20.9. The fourth-order valence-corrected chi connectivity index (χ4v) is 6.15. The van der Waals surface area contributed by atoms with Gasteiger partial charge in [0.2, 0.25) is 17.7 Å². The van der Waals surface area contributed by atoms with Crippen LogP contribution in [0.1, 0.15) is 56.9 Å². The molecule has 162 valence electrons. The van der Waals surface area contributed by atoms with Gasteiger partial charge in [-0.2, -0.15) is 0 Å². The van der Waals surface area contributed by atoms with Crippen molar-refractivity contribution in [2.75, 3.05) is 13.1 Å². The summed E-state index contributed by atoms with van der Waals surface area (Å²) in [6.07, 6.45) is 7.55. The molecule has 0 aromatic heterocycles. The summed E-state index contributed by atoms with van der Waals surface area (Å²) >= 11 is 0. The van der Waals surface area contributed by atoms with Crippen LogP contribution in [-0.2, 0) is 20.9 Å². The number of nitrogens with one attached hydrogen (secondary N) is 3. The van der Waals surface area contributed by atoms with E-state index in [9.17, 15) is 14.4 Å². The van der Waals surface area contributed by atoms with Crippen molar-refractivity contribution in [3.8, 4) is 0 Å². The van der Waals surface area contributed by atoms with E-state index >= 15 is 0 Å². The molecule has 30 heavy (non-hydrogen) atoms. The minimum atomic E-state index is -0.165. The molecule has 0 atom stereocenters. The van der Waals surface area contributed by atoms with Crippen molar-refractivity contribution >= 4 is 17.7 Å². The fourth-order valence-electron chi connectivity index (χ4n) is 6.15. The van der Waals surface area contributed by atoms with Crippen molar-refractivity contribution in [3.05, 3.63) is 35.9 Å². The molecule has 6 heteroatoms. The molecule has 1 aromatic rings. The van der Waals surface area contributed by atoms with Crippen LogP contribution in [0.2, 0.25) is 0 Å². The molecule has 1 aromatic carbocycles. The molecule has 4 bridgehead atoms. The van der Waals surface area contributed by atoms with Crippen LogP contribution in [0.25, 0.3) is 0 Å². The number of amides is 3. The molecule has 0 unspecified atom stereocenters. The van der Waals surface area contributed by atoms with Gasteiger partial charge in [-0.1, -0.05) is 30.3 Å². The summed E-state index contributed by atoms with van der Waals surface area (Å²) in [5.74, 6) is 2.15. The first-order valence-corrected chi connectivity index (χ1v) is 11.4. The first-order chi connectivity index (χ1) is 14.5. The third-order valence-corrected chi connectivity index (χ3v) is 7.16. The maximum Gasteiger partial charge on any atom is 0.226 e. The number of carbonyl (C=O) groups is 3. The monoisotopic (exact) mass is 411 g/mol. The van der Waals surface area contributed by atoms with Gasteiger partial charge in [-0.3, -0.25) is 14.4 Å². The van der Waals surface area contributed by atoms with E-state index in [2.05, 4.69) is 16.0 Å². The average molecular weight is 412 g/mol. The van der Waals surface area contributed by atoms with Crippen LogP contribution in [0, 0.1) is 23.2 Å². The average Bonchev–Trinajstić information content (AvgIpc) is 2.72. The third-order valence-electron chi connectivity index (χ3n) is 7.16. The topological polar surface area (TPSA) is 87.3 Å². The van der Waals surface area contributed by atoms with Crippen molar-refractivity contribution in [3.63, 3.8) is 0 Å². The number of hydrogen-bond acceptors (Lipinski definition) is 3. The summed E-state index contributed by atoms with van der Waals surface area (Å²) in [7, 11) is 0. The van der Waals surface area contributed by atoms with E-state index in [1.807, 2.05) is 30.3 Å². The predicted octanol–water partition coefficient (Wildman–Crippen LogP) is 2.53. The Kier molecular flexibility index (Phi) is 6.40. The first-order valence-electron chi connectivity index (χ1n) is 11.4. The lowest BCUT2D eigenvalue weighted by Crippen LogP contribution is -2.53. The summed E-state index contributed by atoms with van der Waals surface area (Å²) in [6.45, 7) is 1.17. The number of rotatable bonds is 9. The summed E-state index contributed by atoms with van der Waals surface area (Å²) < 4.78 is 0. The van der Waals surface area contributed by atoms with Crippen LogP contribution in [-0.4, -0.2) is 30.8 Å². The minimum Gasteiger partial charge on any atom is -0.356 e. The molecule has 3 amide bonds. The molecule has 0 heterocycles. The lowest BCUT2D eigenvalue weighted by atomic mass is 9.49. The Hall–Kier alpha value is -2.37. The van der Waals surface area contributed by atoms with Crippen LogP contribution in [0.5, 0.6) is 0 Å². The Morgan fingerprint density at radius 2 is 1.30 bits per heavy atom. The number of hydrogen-bond donors (Lipinski definition) is 3. The SMILES string of the molecule is O=C(CCNC(=O)C12CC3CC(CC(C3)C1)C2)NCCC(=O)NCc1ccccc1. The van der Waals surface area contributed by atoms with E-state index in [-0.39, 0.29) is 36.0 Å². The van der Waals surface area contributed by atoms with Crippen LogP contribution in [0.3, 0.4) is 0 Å². The molecule has 0 saturated heterocycles. The van der Waals surface area contributed by atoms with Crippen LogP contribution >= 0.6 is 0 Å². The Bertz CT molecular complexity index is 742. The molecule has 0 radical (unpaired) electrons. The zero-order valence-electron chi connectivity index (χ0n) is 17.6. The highest BCUT2D eigenvalue weighted by Crippen LogP contribution is 2.60. The summed E-state index contributed by atoms with van der Waals surface area (Å²) in [5.41, 5.74) is 0.881. The lowest BCUT2D eigenvalue weighted by molar-refractivity contribution is -0.146. The van der Waals surface area contributed by atoms with Gasteiger partial charge in [0.05, 0.1) is 0 Å². The van der Waals surface area contributed by atoms with E-state index < -0.39 is 0 Å². The molecule has 4 saturated carbocycles. The smallest absolute Gasteiger partial charge is 0.226 e.